The summed E-state index contributed by atoms with van der Waals surface area (Å²) in [4.78, 5) is 0. The largest absolute Gasteiger partial charge is 0.470 e. The average Bonchev–Trinajstić information content (AvgIpc) is 2.59. The van der Waals surface area contributed by atoms with Crippen molar-refractivity contribution in [2.75, 3.05) is 6.54 Å². The van der Waals surface area contributed by atoms with Crippen molar-refractivity contribution in [2.24, 2.45) is 0 Å². The maximum absolute atomic E-state index is 6.06. The second-order valence-electron chi connectivity index (χ2n) is 5.39. The molecule has 0 saturated heterocycles. The molecule has 1 fully saturated rings. The number of hydrogen-bond donors (Lipinski definition) is 2. The molecule has 0 atom stereocenters. The van der Waals surface area contributed by atoms with E-state index in [2.05, 4.69) is 29.4 Å². The molecule has 2 rings (SSSR count). The highest BCUT2D eigenvalue weighted by Gasteiger charge is 2.39. The summed E-state index contributed by atoms with van der Waals surface area (Å²) in [5.41, 5.74) is 1.08. The summed E-state index contributed by atoms with van der Waals surface area (Å²) in [6.45, 7) is 7.35. The summed E-state index contributed by atoms with van der Waals surface area (Å²) < 4.78 is 6.06. The predicted molar refractivity (Wildman–Crippen MR) is 68.3 cm³/mol. The molecule has 1 saturated carbocycles. The lowest BCUT2D eigenvalue weighted by Crippen LogP contribution is -2.46. The molecule has 0 amide bonds. The Labute approximate surface area is 103 Å². The van der Waals surface area contributed by atoms with Gasteiger partial charge in [-0.05, 0) is 39.2 Å². The second-order valence-corrected chi connectivity index (χ2v) is 5.39. The minimum absolute atomic E-state index is 0.0313. The molecule has 1 aliphatic carbocycles. The van der Waals surface area contributed by atoms with Gasteiger partial charge in [0.1, 0.15) is 5.60 Å². The van der Waals surface area contributed by atoms with Gasteiger partial charge in [-0.25, -0.2) is 0 Å². The molecule has 0 spiro atoms. The van der Waals surface area contributed by atoms with E-state index in [9.17, 15) is 0 Å². The topological polar surface area (TPSA) is 49.9 Å². The van der Waals surface area contributed by atoms with Crippen LogP contribution in [0.15, 0.2) is 6.07 Å². The molecule has 1 aromatic heterocycles. The first-order valence-electron chi connectivity index (χ1n) is 6.54. The number of nitrogens with zero attached hydrogens (tertiary/aromatic N) is 1. The molecular weight excluding hydrogens is 214 g/mol. The molecule has 2 N–H and O–H groups in total. The third-order valence-electron chi connectivity index (χ3n) is 3.40. The molecule has 1 heterocycles. The highest BCUT2D eigenvalue weighted by molar-refractivity contribution is 5.14. The normalized spacial score (nSPS) is 18.1. The van der Waals surface area contributed by atoms with Gasteiger partial charge in [0.25, 0.3) is 0 Å². The Bertz CT molecular complexity index is 355. The van der Waals surface area contributed by atoms with E-state index in [0.717, 1.165) is 37.4 Å². The highest BCUT2D eigenvalue weighted by Crippen LogP contribution is 2.38. The van der Waals surface area contributed by atoms with E-state index < -0.39 is 0 Å². The molecule has 4 nitrogen and oxygen atoms in total. The van der Waals surface area contributed by atoms with Crippen LogP contribution in [0.2, 0.25) is 0 Å². The summed E-state index contributed by atoms with van der Waals surface area (Å²) >= 11 is 0. The number of H-pyrrole nitrogens is 1. The zero-order valence-electron chi connectivity index (χ0n) is 11.0. The van der Waals surface area contributed by atoms with Crippen molar-refractivity contribution in [2.45, 2.75) is 58.1 Å². The van der Waals surface area contributed by atoms with Crippen LogP contribution < -0.4 is 10.1 Å². The van der Waals surface area contributed by atoms with Crippen molar-refractivity contribution in [3.05, 3.63) is 11.8 Å². The van der Waals surface area contributed by atoms with E-state index in [1.165, 1.54) is 6.42 Å². The number of aryl methyl sites for hydroxylation is 1. The summed E-state index contributed by atoms with van der Waals surface area (Å²) in [6, 6.07) is 2.51. The van der Waals surface area contributed by atoms with Crippen LogP contribution in [0.3, 0.4) is 0 Å². The lowest BCUT2D eigenvalue weighted by Gasteiger charge is -2.41. The van der Waals surface area contributed by atoms with E-state index in [4.69, 9.17) is 4.74 Å². The van der Waals surface area contributed by atoms with Crippen LogP contribution in [-0.4, -0.2) is 28.4 Å². The zero-order chi connectivity index (χ0) is 12.3. The monoisotopic (exact) mass is 237 g/mol. The first-order valence-corrected chi connectivity index (χ1v) is 6.54. The van der Waals surface area contributed by atoms with Gasteiger partial charge in [0.15, 0.2) is 0 Å². The van der Waals surface area contributed by atoms with Gasteiger partial charge in [0, 0.05) is 17.8 Å². The zero-order valence-corrected chi connectivity index (χ0v) is 11.0. The number of nitrogens with one attached hydrogen (secondary N) is 2. The SMILES string of the molecule is Cc1cc(OC2(CCNC(C)C)CCC2)n[nH]1. The average molecular weight is 237 g/mol. The maximum Gasteiger partial charge on any atom is 0.233 e. The Morgan fingerprint density at radius 3 is 2.76 bits per heavy atom. The minimum Gasteiger partial charge on any atom is -0.470 e. The Hall–Kier alpha value is -1.03. The molecule has 0 bridgehead atoms. The maximum atomic E-state index is 6.06. The number of aromatic amines is 1. The first kappa shape index (κ1) is 12.4. The molecule has 0 aromatic carbocycles. The van der Waals surface area contributed by atoms with Crippen molar-refractivity contribution in [1.82, 2.24) is 15.5 Å². The number of hydrogen-bond acceptors (Lipinski definition) is 3. The number of ether oxygens (including phenoxy) is 1. The smallest absolute Gasteiger partial charge is 0.233 e. The van der Waals surface area contributed by atoms with E-state index in [1.807, 2.05) is 13.0 Å². The molecular formula is C13H23N3O. The summed E-state index contributed by atoms with van der Waals surface area (Å²) in [7, 11) is 0. The lowest BCUT2D eigenvalue weighted by molar-refractivity contribution is -0.0182. The Morgan fingerprint density at radius 1 is 1.53 bits per heavy atom. The van der Waals surface area contributed by atoms with Crippen LogP contribution in [0.1, 0.15) is 45.2 Å². The van der Waals surface area contributed by atoms with Gasteiger partial charge in [0.05, 0.1) is 0 Å². The van der Waals surface area contributed by atoms with Crippen LogP contribution in [0.5, 0.6) is 5.88 Å². The van der Waals surface area contributed by atoms with Crippen molar-refractivity contribution in [3.8, 4) is 5.88 Å². The fraction of sp³-hybridized carbons (Fsp3) is 0.769. The van der Waals surface area contributed by atoms with Gasteiger partial charge in [-0.15, -0.1) is 5.10 Å². The van der Waals surface area contributed by atoms with Crippen molar-refractivity contribution < 1.29 is 4.74 Å². The van der Waals surface area contributed by atoms with E-state index in [-0.39, 0.29) is 5.60 Å². The molecule has 17 heavy (non-hydrogen) atoms. The van der Waals surface area contributed by atoms with E-state index in [1.54, 1.807) is 0 Å². The lowest BCUT2D eigenvalue weighted by atomic mass is 9.77. The van der Waals surface area contributed by atoms with Crippen LogP contribution >= 0.6 is 0 Å². The fourth-order valence-corrected chi connectivity index (χ4v) is 2.23. The number of rotatable bonds is 6. The Morgan fingerprint density at radius 2 is 2.29 bits per heavy atom. The highest BCUT2D eigenvalue weighted by atomic mass is 16.5. The van der Waals surface area contributed by atoms with Crippen LogP contribution in [0.25, 0.3) is 0 Å². The molecule has 1 aromatic rings. The van der Waals surface area contributed by atoms with Gasteiger partial charge in [-0.2, -0.15) is 0 Å². The van der Waals surface area contributed by atoms with Crippen LogP contribution in [0, 0.1) is 6.92 Å². The van der Waals surface area contributed by atoms with Gasteiger partial charge < -0.3 is 10.1 Å². The van der Waals surface area contributed by atoms with Gasteiger partial charge >= 0.3 is 0 Å². The summed E-state index contributed by atoms with van der Waals surface area (Å²) in [5.74, 6) is 0.742. The second kappa shape index (κ2) is 5.08. The van der Waals surface area contributed by atoms with E-state index in [0.29, 0.717) is 6.04 Å². The molecule has 4 heteroatoms. The van der Waals surface area contributed by atoms with Crippen LogP contribution in [-0.2, 0) is 0 Å². The minimum atomic E-state index is 0.0313. The van der Waals surface area contributed by atoms with Gasteiger partial charge in [0.2, 0.25) is 5.88 Å². The molecule has 96 valence electrons. The fourth-order valence-electron chi connectivity index (χ4n) is 2.23. The third kappa shape index (κ3) is 3.22. The number of aromatic nitrogens is 2. The van der Waals surface area contributed by atoms with Gasteiger partial charge in [-0.3, -0.25) is 5.10 Å². The predicted octanol–water partition coefficient (Wildman–Crippen LogP) is 2.41. The molecule has 0 radical (unpaired) electrons. The van der Waals surface area contributed by atoms with Crippen molar-refractivity contribution in [1.29, 1.82) is 0 Å². The summed E-state index contributed by atoms with van der Waals surface area (Å²) in [6.07, 6.45) is 4.64. The van der Waals surface area contributed by atoms with E-state index >= 15 is 0 Å². The molecule has 0 unspecified atom stereocenters. The third-order valence-corrected chi connectivity index (χ3v) is 3.40. The Balaban J connectivity index is 1.86. The Kier molecular flexibility index (Phi) is 3.72. The molecule has 1 aliphatic rings. The van der Waals surface area contributed by atoms with Gasteiger partial charge in [-0.1, -0.05) is 13.8 Å². The van der Waals surface area contributed by atoms with Crippen molar-refractivity contribution in [3.63, 3.8) is 0 Å². The van der Waals surface area contributed by atoms with Crippen LogP contribution in [0.4, 0.5) is 0 Å². The quantitative estimate of drug-likeness (QED) is 0.799. The standard InChI is InChI=1S/C13H23N3O/c1-10(2)14-8-7-13(5-4-6-13)17-12-9-11(3)15-16-12/h9-10,14H,4-8H2,1-3H3,(H,15,16). The van der Waals surface area contributed by atoms with Crippen molar-refractivity contribution >= 4 is 0 Å². The molecule has 0 aliphatic heterocycles. The first-order chi connectivity index (χ1) is 8.10. The summed E-state index contributed by atoms with van der Waals surface area (Å²) in [5, 5.41) is 10.5.